The lowest BCUT2D eigenvalue weighted by Gasteiger charge is -2.09. The van der Waals surface area contributed by atoms with Gasteiger partial charge in [-0.15, -0.1) is 0 Å². The molecule has 0 unspecified atom stereocenters. The zero-order valence-corrected chi connectivity index (χ0v) is 11.9. The molecule has 0 atom stereocenters. The van der Waals surface area contributed by atoms with E-state index in [1.807, 2.05) is 42.5 Å². The third kappa shape index (κ3) is 3.38. The topological polar surface area (TPSA) is 64.1 Å². The predicted octanol–water partition coefficient (Wildman–Crippen LogP) is 2.33. The smallest absolute Gasteiger partial charge is 0.258 e. The summed E-state index contributed by atoms with van der Waals surface area (Å²) in [7, 11) is 0. The van der Waals surface area contributed by atoms with Crippen molar-refractivity contribution >= 4 is 16.8 Å². The fourth-order valence-electron chi connectivity index (χ4n) is 2.09. The van der Waals surface area contributed by atoms with Crippen molar-refractivity contribution in [3.05, 3.63) is 66.6 Å². The number of nitrogens with zero attached hydrogens (tertiary/aromatic N) is 2. The van der Waals surface area contributed by atoms with Crippen LogP contribution in [0.5, 0.6) is 5.75 Å². The minimum absolute atomic E-state index is 0.0409. The predicted molar refractivity (Wildman–Crippen MR) is 83.3 cm³/mol. The molecule has 0 fully saturated rings. The Morgan fingerprint density at radius 1 is 1.05 bits per heavy atom. The van der Waals surface area contributed by atoms with Crippen molar-refractivity contribution in [3.63, 3.8) is 0 Å². The van der Waals surface area contributed by atoms with E-state index in [2.05, 4.69) is 15.3 Å². The van der Waals surface area contributed by atoms with Gasteiger partial charge in [-0.3, -0.25) is 14.8 Å². The van der Waals surface area contributed by atoms with E-state index in [4.69, 9.17) is 4.74 Å². The number of hydrogen-bond donors (Lipinski definition) is 1. The van der Waals surface area contributed by atoms with Gasteiger partial charge in [0.1, 0.15) is 11.3 Å². The number of fused-ring (bicyclic) bond motifs is 1. The molecule has 0 aliphatic rings. The Kier molecular flexibility index (Phi) is 4.25. The molecular weight excluding hydrogens is 278 g/mol. The van der Waals surface area contributed by atoms with E-state index in [0.717, 1.165) is 16.5 Å². The van der Waals surface area contributed by atoms with Gasteiger partial charge in [0.05, 0.1) is 0 Å². The lowest BCUT2D eigenvalue weighted by molar-refractivity contribution is -0.123. The molecule has 2 aromatic heterocycles. The Hall–Kier alpha value is -2.95. The number of carbonyl (C=O) groups excluding carboxylic acids is 1. The number of benzene rings is 1. The normalized spacial score (nSPS) is 10.4. The maximum absolute atomic E-state index is 11.9. The average Bonchev–Trinajstić information content (AvgIpc) is 2.59. The molecule has 0 aliphatic carbocycles. The standard InChI is InChI=1S/C17H15N3O2/c21-16(20-11-13-6-9-18-10-7-13)12-22-15-5-1-3-14-4-2-8-19-17(14)15/h1-10H,11-12H2,(H,20,21). The van der Waals surface area contributed by atoms with E-state index in [0.29, 0.717) is 12.3 Å². The highest BCUT2D eigenvalue weighted by atomic mass is 16.5. The molecule has 22 heavy (non-hydrogen) atoms. The number of pyridine rings is 2. The summed E-state index contributed by atoms with van der Waals surface area (Å²) in [5, 5.41) is 3.79. The van der Waals surface area contributed by atoms with Crippen molar-refractivity contribution < 1.29 is 9.53 Å². The molecule has 2 heterocycles. The Morgan fingerprint density at radius 2 is 1.86 bits per heavy atom. The minimum atomic E-state index is -0.176. The molecule has 0 saturated heterocycles. The van der Waals surface area contributed by atoms with Crippen LogP contribution in [0, 0.1) is 0 Å². The number of amides is 1. The number of hydrogen-bond acceptors (Lipinski definition) is 4. The zero-order chi connectivity index (χ0) is 15.2. The summed E-state index contributed by atoms with van der Waals surface area (Å²) >= 11 is 0. The highest BCUT2D eigenvalue weighted by Crippen LogP contribution is 2.22. The molecular formula is C17H15N3O2. The molecule has 5 heteroatoms. The number of carbonyl (C=O) groups is 1. The molecule has 3 aromatic rings. The summed E-state index contributed by atoms with van der Waals surface area (Å²) in [5.41, 5.74) is 1.75. The zero-order valence-electron chi connectivity index (χ0n) is 11.9. The first-order valence-electron chi connectivity index (χ1n) is 6.95. The van der Waals surface area contributed by atoms with Gasteiger partial charge in [0, 0.05) is 30.5 Å². The first-order chi connectivity index (χ1) is 10.8. The Labute approximate surface area is 128 Å². The van der Waals surface area contributed by atoms with Crippen LogP contribution < -0.4 is 10.1 Å². The van der Waals surface area contributed by atoms with E-state index in [9.17, 15) is 4.79 Å². The third-order valence-electron chi connectivity index (χ3n) is 3.19. The van der Waals surface area contributed by atoms with Gasteiger partial charge in [-0.2, -0.15) is 0 Å². The number of para-hydroxylation sites is 1. The van der Waals surface area contributed by atoms with Crippen LogP contribution in [0.4, 0.5) is 0 Å². The molecule has 5 nitrogen and oxygen atoms in total. The van der Waals surface area contributed by atoms with Crippen molar-refractivity contribution in [3.8, 4) is 5.75 Å². The maximum atomic E-state index is 11.9. The second kappa shape index (κ2) is 6.67. The number of rotatable bonds is 5. The fraction of sp³-hybridized carbons (Fsp3) is 0.118. The molecule has 0 aliphatic heterocycles. The van der Waals surface area contributed by atoms with E-state index in [-0.39, 0.29) is 12.5 Å². The van der Waals surface area contributed by atoms with Crippen LogP contribution in [0.25, 0.3) is 10.9 Å². The Balaban J connectivity index is 1.58. The van der Waals surface area contributed by atoms with E-state index >= 15 is 0 Å². The highest BCUT2D eigenvalue weighted by molar-refractivity contribution is 5.85. The number of ether oxygens (including phenoxy) is 1. The highest BCUT2D eigenvalue weighted by Gasteiger charge is 2.06. The van der Waals surface area contributed by atoms with Gasteiger partial charge < -0.3 is 10.1 Å². The van der Waals surface area contributed by atoms with Gasteiger partial charge in [-0.05, 0) is 29.8 Å². The quantitative estimate of drug-likeness (QED) is 0.784. The molecule has 3 rings (SSSR count). The Morgan fingerprint density at radius 3 is 2.73 bits per heavy atom. The molecule has 0 spiro atoms. The van der Waals surface area contributed by atoms with Crippen molar-refractivity contribution in [2.24, 2.45) is 0 Å². The lowest BCUT2D eigenvalue weighted by atomic mass is 10.2. The van der Waals surface area contributed by atoms with Gasteiger partial charge >= 0.3 is 0 Å². The molecule has 0 saturated carbocycles. The largest absolute Gasteiger partial charge is 0.481 e. The second-order valence-corrected chi connectivity index (χ2v) is 4.75. The molecule has 110 valence electrons. The summed E-state index contributed by atoms with van der Waals surface area (Å²) in [6.07, 6.45) is 5.10. The van der Waals surface area contributed by atoms with Crippen LogP contribution in [-0.2, 0) is 11.3 Å². The number of aromatic nitrogens is 2. The van der Waals surface area contributed by atoms with Crippen LogP contribution >= 0.6 is 0 Å². The SMILES string of the molecule is O=C(COc1cccc2cccnc12)NCc1ccncc1. The first kappa shape index (κ1) is 14.0. The van der Waals surface area contributed by atoms with Crippen molar-refractivity contribution in [2.45, 2.75) is 6.54 Å². The van der Waals surface area contributed by atoms with Crippen molar-refractivity contribution in [1.82, 2.24) is 15.3 Å². The summed E-state index contributed by atoms with van der Waals surface area (Å²) in [4.78, 5) is 20.1. The van der Waals surface area contributed by atoms with Crippen molar-refractivity contribution in [2.75, 3.05) is 6.61 Å². The van der Waals surface area contributed by atoms with Gasteiger partial charge in [0.2, 0.25) is 0 Å². The minimum Gasteiger partial charge on any atom is -0.481 e. The number of nitrogens with one attached hydrogen (secondary N) is 1. The molecule has 0 bridgehead atoms. The average molecular weight is 293 g/mol. The van der Waals surface area contributed by atoms with E-state index in [1.165, 1.54) is 0 Å². The molecule has 1 aromatic carbocycles. The molecule has 1 amide bonds. The van der Waals surface area contributed by atoms with Crippen LogP contribution in [-0.4, -0.2) is 22.5 Å². The van der Waals surface area contributed by atoms with Crippen LogP contribution in [0.15, 0.2) is 61.1 Å². The third-order valence-corrected chi connectivity index (χ3v) is 3.19. The monoisotopic (exact) mass is 293 g/mol. The van der Waals surface area contributed by atoms with Crippen LogP contribution in [0.1, 0.15) is 5.56 Å². The Bertz CT molecular complexity index is 770. The van der Waals surface area contributed by atoms with Gasteiger partial charge in [-0.1, -0.05) is 18.2 Å². The van der Waals surface area contributed by atoms with E-state index < -0.39 is 0 Å². The van der Waals surface area contributed by atoms with Gasteiger partial charge in [0.25, 0.3) is 5.91 Å². The van der Waals surface area contributed by atoms with Gasteiger partial charge in [0.15, 0.2) is 6.61 Å². The fourth-order valence-corrected chi connectivity index (χ4v) is 2.09. The molecule has 0 radical (unpaired) electrons. The van der Waals surface area contributed by atoms with Gasteiger partial charge in [-0.25, -0.2) is 0 Å². The molecule has 1 N–H and O–H groups in total. The summed E-state index contributed by atoms with van der Waals surface area (Å²) in [5.74, 6) is 0.432. The summed E-state index contributed by atoms with van der Waals surface area (Å²) in [6, 6.07) is 13.2. The summed E-state index contributed by atoms with van der Waals surface area (Å²) < 4.78 is 5.58. The second-order valence-electron chi connectivity index (χ2n) is 4.75. The maximum Gasteiger partial charge on any atom is 0.258 e. The van der Waals surface area contributed by atoms with Crippen molar-refractivity contribution in [1.29, 1.82) is 0 Å². The van der Waals surface area contributed by atoms with Crippen LogP contribution in [0.3, 0.4) is 0 Å². The lowest BCUT2D eigenvalue weighted by Crippen LogP contribution is -2.28. The first-order valence-corrected chi connectivity index (χ1v) is 6.95. The van der Waals surface area contributed by atoms with Crippen LogP contribution in [0.2, 0.25) is 0 Å². The van der Waals surface area contributed by atoms with E-state index in [1.54, 1.807) is 18.6 Å². The summed E-state index contributed by atoms with van der Waals surface area (Å²) in [6.45, 7) is 0.416.